The highest BCUT2D eigenvalue weighted by Gasteiger charge is 2.24. The van der Waals surface area contributed by atoms with Gasteiger partial charge in [0, 0.05) is 49.7 Å². The summed E-state index contributed by atoms with van der Waals surface area (Å²) < 4.78 is 5.35. The van der Waals surface area contributed by atoms with E-state index in [4.69, 9.17) is 4.74 Å². The Hall–Kier alpha value is -1.99. The van der Waals surface area contributed by atoms with Gasteiger partial charge in [0.05, 0.1) is 31.3 Å². The number of anilines is 1. The van der Waals surface area contributed by atoms with E-state index in [1.54, 1.807) is 6.33 Å². The van der Waals surface area contributed by atoms with Crippen LogP contribution in [0.3, 0.4) is 0 Å². The van der Waals surface area contributed by atoms with E-state index in [0.717, 1.165) is 56.5 Å². The lowest BCUT2D eigenvalue weighted by atomic mass is 10.0. The van der Waals surface area contributed by atoms with Crippen molar-refractivity contribution in [3.8, 4) is 0 Å². The number of imidazole rings is 1. The molecule has 0 aliphatic carbocycles. The molecule has 0 aromatic carbocycles. The number of fused-ring (bicyclic) bond motifs is 1. The average molecular weight is 286 g/mol. The molecular weight excluding hydrogens is 268 g/mol. The van der Waals surface area contributed by atoms with E-state index in [0.29, 0.717) is 0 Å². The molecule has 0 saturated carbocycles. The second-order valence-electron chi connectivity index (χ2n) is 5.32. The fraction of sp³-hybridized carbons (Fsp3) is 0.500. The van der Waals surface area contributed by atoms with E-state index in [1.165, 1.54) is 5.69 Å². The Labute approximate surface area is 122 Å². The number of aromatic amines is 1. The van der Waals surface area contributed by atoms with Gasteiger partial charge in [0.2, 0.25) is 5.95 Å². The Morgan fingerprint density at radius 1 is 1.14 bits per heavy atom. The van der Waals surface area contributed by atoms with Gasteiger partial charge < -0.3 is 19.9 Å². The summed E-state index contributed by atoms with van der Waals surface area (Å²) in [6, 6.07) is 0.0822. The van der Waals surface area contributed by atoms with Crippen molar-refractivity contribution in [3.63, 3.8) is 0 Å². The Balaban J connectivity index is 1.57. The zero-order chi connectivity index (χ0) is 14.1. The van der Waals surface area contributed by atoms with Crippen LogP contribution in [0.2, 0.25) is 0 Å². The lowest BCUT2D eigenvalue weighted by Crippen LogP contribution is -2.37. The zero-order valence-electron chi connectivity index (χ0n) is 11.7. The van der Waals surface area contributed by atoms with Gasteiger partial charge in [-0.3, -0.25) is 0 Å². The van der Waals surface area contributed by atoms with Crippen molar-refractivity contribution in [2.45, 2.75) is 12.5 Å². The van der Waals surface area contributed by atoms with Crippen LogP contribution in [0.4, 0.5) is 5.95 Å². The number of H-pyrrole nitrogens is 1. The Kier molecular flexibility index (Phi) is 3.28. The largest absolute Gasteiger partial charge is 0.378 e. The van der Waals surface area contributed by atoms with Gasteiger partial charge in [-0.05, 0) is 0 Å². The summed E-state index contributed by atoms with van der Waals surface area (Å²) in [5.41, 5.74) is 3.32. The van der Waals surface area contributed by atoms with Crippen LogP contribution in [0.1, 0.15) is 23.0 Å². The number of rotatable bonds is 2. The molecule has 21 heavy (non-hydrogen) atoms. The summed E-state index contributed by atoms with van der Waals surface area (Å²) in [5.74, 6) is 0.778. The lowest BCUT2D eigenvalue weighted by Gasteiger charge is -2.27. The third-order valence-corrected chi connectivity index (χ3v) is 4.03. The average Bonchev–Trinajstić information content (AvgIpc) is 3.04. The van der Waals surface area contributed by atoms with Crippen molar-refractivity contribution in [1.82, 2.24) is 25.3 Å². The molecule has 7 nitrogen and oxygen atoms in total. The van der Waals surface area contributed by atoms with E-state index >= 15 is 0 Å². The van der Waals surface area contributed by atoms with Gasteiger partial charge in [-0.25, -0.2) is 15.0 Å². The van der Waals surface area contributed by atoms with Crippen molar-refractivity contribution in [2.24, 2.45) is 0 Å². The molecule has 2 N–H and O–H groups in total. The molecule has 7 heteroatoms. The van der Waals surface area contributed by atoms with Gasteiger partial charge in [-0.1, -0.05) is 0 Å². The van der Waals surface area contributed by atoms with Crippen molar-refractivity contribution in [3.05, 3.63) is 35.7 Å². The molecule has 110 valence electrons. The molecule has 2 aromatic heterocycles. The molecule has 4 rings (SSSR count). The first-order valence-electron chi connectivity index (χ1n) is 7.32. The van der Waals surface area contributed by atoms with Crippen LogP contribution in [0.15, 0.2) is 18.7 Å². The Morgan fingerprint density at radius 2 is 1.95 bits per heavy atom. The Bertz CT molecular complexity index is 604. The van der Waals surface area contributed by atoms with E-state index in [1.807, 2.05) is 12.4 Å². The predicted molar refractivity (Wildman–Crippen MR) is 77.2 cm³/mol. The van der Waals surface area contributed by atoms with Crippen molar-refractivity contribution in [2.75, 3.05) is 37.7 Å². The molecule has 2 aliphatic rings. The van der Waals surface area contributed by atoms with Gasteiger partial charge >= 0.3 is 0 Å². The second kappa shape index (κ2) is 5.42. The normalized spacial score (nSPS) is 22.1. The fourth-order valence-electron chi connectivity index (χ4n) is 2.90. The molecule has 0 spiro atoms. The van der Waals surface area contributed by atoms with Crippen molar-refractivity contribution in [1.29, 1.82) is 0 Å². The number of morpholine rings is 1. The number of aromatic nitrogens is 4. The molecule has 1 atom stereocenters. The van der Waals surface area contributed by atoms with Crippen LogP contribution in [0.25, 0.3) is 0 Å². The highest BCUT2D eigenvalue weighted by atomic mass is 16.5. The highest BCUT2D eigenvalue weighted by molar-refractivity contribution is 5.34. The number of ether oxygens (including phenoxy) is 1. The molecule has 0 bridgehead atoms. The van der Waals surface area contributed by atoms with Crippen LogP contribution < -0.4 is 10.2 Å². The summed E-state index contributed by atoms with van der Waals surface area (Å²) in [4.78, 5) is 18.8. The summed E-state index contributed by atoms with van der Waals surface area (Å²) in [6.45, 7) is 4.12. The Morgan fingerprint density at radius 3 is 2.76 bits per heavy atom. The van der Waals surface area contributed by atoms with E-state index < -0.39 is 0 Å². The molecule has 0 amide bonds. The summed E-state index contributed by atoms with van der Waals surface area (Å²) in [7, 11) is 0. The van der Waals surface area contributed by atoms with Crippen LogP contribution in [0.5, 0.6) is 0 Å². The quantitative estimate of drug-likeness (QED) is 0.825. The maximum atomic E-state index is 5.35. The van der Waals surface area contributed by atoms with Crippen LogP contribution in [0, 0.1) is 0 Å². The zero-order valence-corrected chi connectivity index (χ0v) is 11.7. The van der Waals surface area contributed by atoms with Crippen molar-refractivity contribution < 1.29 is 4.74 Å². The van der Waals surface area contributed by atoms with E-state index in [9.17, 15) is 0 Å². The highest BCUT2D eigenvalue weighted by Crippen LogP contribution is 2.25. The maximum absolute atomic E-state index is 5.35. The smallest absolute Gasteiger partial charge is 0.225 e. The number of hydrogen-bond acceptors (Lipinski definition) is 6. The molecule has 1 saturated heterocycles. The van der Waals surface area contributed by atoms with Gasteiger partial charge in [-0.2, -0.15) is 0 Å². The number of hydrogen-bond donors (Lipinski definition) is 2. The van der Waals surface area contributed by atoms with Crippen LogP contribution in [-0.4, -0.2) is 52.8 Å². The first kappa shape index (κ1) is 12.7. The van der Waals surface area contributed by atoms with Gasteiger partial charge in [-0.15, -0.1) is 0 Å². The molecule has 2 aliphatic heterocycles. The fourth-order valence-corrected chi connectivity index (χ4v) is 2.90. The minimum absolute atomic E-state index is 0.0822. The van der Waals surface area contributed by atoms with E-state index in [-0.39, 0.29) is 6.04 Å². The summed E-state index contributed by atoms with van der Waals surface area (Å²) in [5, 5.41) is 3.48. The molecule has 2 aromatic rings. The lowest BCUT2D eigenvalue weighted by molar-refractivity contribution is 0.122. The molecule has 1 fully saturated rings. The van der Waals surface area contributed by atoms with Crippen LogP contribution in [-0.2, 0) is 11.2 Å². The minimum atomic E-state index is 0.0822. The second-order valence-corrected chi connectivity index (χ2v) is 5.32. The van der Waals surface area contributed by atoms with Gasteiger partial charge in [0.1, 0.15) is 0 Å². The van der Waals surface area contributed by atoms with Crippen LogP contribution >= 0.6 is 0 Å². The number of nitrogens with zero attached hydrogens (tertiary/aromatic N) is 4. The minimum Gasteiger partial charge on any atom is -0.378 e. The first-order valence-corrected chi connectivity index (χ1v) is 7.32. The van der Waals surface area contributed by atoms with Crippen molar-refractivity contribution >= 4 is 5.95 Å². The number of nitrogens with one attached hydrogen (secondary N) is 2. The molecule has 0 unspecified atom stereocenters. The maximum Gasteiger partial charge on any atom is 0.225 e. The topological polar surface area (TPSA) is 79.0 Å². The summed E-state index contributed by atoms with van der Waals surface area (Å²) in [6.07, 6.45) is 6.55. The third kappa shape index (κ3) is 2.38. The monoisotopic (exact) mass is 286 g/mol. The summed E-state index contributed by atoms with van der Waals surface area (Å²) >= 11 is 0. The van der Waals surface area contributed by atoms with E-state index in [2.05, 4.69) is 30.2 Å². The first-order chi connectivity index (χ1) is 10.4. The molecule has 0 radical (unpaired) electrons. The van der Waals surface area contributed by atoms with Gasteiger partial charge in [0.15, 0.2) is 0 Å². The molecule has 4 heterocycles. The SMILES string of the molecule is c1nc2c([nH]1)CCN[C@H]2c1cnc(N2CCOCC2)nc1. The third-order valence-electron chi connectivity index (χ3n) is 4.03. The van der Waals surface area contributed by atoms with Gasteiger partial charge in [0.25, 0.3) is 0 Å². The predicted octanol–water partition coefficient (Wildman–Crippen LogP) is 0.271. The standard InChI is InChI=1S/C14H18N6O/c1-2-15-12(13-11(1)18-9-19-13)10-7-16-14(17-8-10)20-3-5-21-6-4-20/h7-9,12,15H,1-6H2,(H,18,19)/t12-/m0/s1. The molecular formula is C14H18N6O.